The first kappa shape index (κ1) is 9.41. The fraction of sp³-hybridized carbons (Fsp3) is 0. The summed E-state index contributed by atoms with van der Waals surface area (Å²) < 4.78 is 0. The average molecular weight is 234 g/mol. The van der Waals surface area contributed by atoms with E-state index in [0.29, 0.717) is 0 Å². The standard InChI is InChI=1S/C14H10N4/c1-2-6-11-10(5-1)13(18-17-11)12-8-9-4-3-7-15-14(9)16-12/h1-8H,(H,15,16)(H,17,18). The molecule has 2 N–H and O–H groups in total. The summed E-state index contributed by atoms with van der Waals surface area (Å²) in [6.07, 6.45) is 1.78. The van der Waals surface area contributed by atoms with Crippen LogP contribution in [0.4, 0.5) is 0 Å². The number of aromatic nitrogens is 4. The normalized spacial score (nSPS) is 11.3. The molecule has 4 aromatic rings. The lowest BCUT2D eigenvalue weighted by Crippen LogP contribution is -1.78. The first-order valence-corrected chi connectivity index (χ1v) is 5.79. The van der Waals surface area contributed by atoms with Gasteiger partial charge in [-0.2, -0.15) is 5.10 Å². The summed E-state index contributed by atoms with van der Waals surface area (Å²) in [6.45, 7) is 0. The second-order valence-corrected chi connectivity index (χ2v) is 4.24. The van der Waals surface area contributed by atoms with Crippen LogP contribution in [0.1, 0.15) is 0 Å². The maximum absolute atomic E-state index is 4.38. The van der Waals surface area contributed by atoms with Gasteiger partial charge in [-0.1, -0.05) is 18.2 Å². The van der Waals surface area contributed by atoms with E-state index in [4.69, 9.17) is 0 Å². The minimum Gasteiger partial charge on any atom is -0.338 e. The lowest BCUT2D eigenvalue weighted by atomic mass is 10.1. The summed E-state index contributed by atoms with van der Waals surface area (Å²) >= 11 is 0. The Morgan fingerprint density at radius 3 is 2.89 bits per heavy atom. The second kappa shape index (κ2) is 3.43. The molecule has 0 unspecified atom stereocenters. The third-order valence-corrected chi connectivity index (χ3v) is 3.12. The lowest BCUT2D eigenvalue weighted by Gasteiger charge is -1.92. The third-order valence-electron chi connectivity index (χ3n) is 3.12. The number of benzene rings is 1. The maximum atomic E-state index is 4.38. The molecule has 0 fully saturated rings. The summed E-state index contributed by atoms with van der Waals surface area (Å²) in [5.74, 6) is 0. The largest absolute Gasteiger partial charge is 0.338 e. The number of aromatic amines is 2. The van der Waals surface area contributed by atoms with Gasteiger partial charge in [0, 0.05) is 17.0 Å². The molecule has 0 aliphatic rings. The predicted octanol–water partition coefficient (Wildman–Crippen LogP) is 3.11. The van der Waals surface area contributed by atoms with Crippen LogP contribution in [0.5, 0.6) is 0 Å². The highest BCUT2D eigenvalue weighted by Gasteiger charge is 2.10. The number of H-pyrrole nitrogens is 2. The van der Waals surface area contributed by atoms with Gasteiger partial charge in [0.05, 0.1) is 11.2 Å². The van der Waals surface area contributed by atoms with E-state index in [0.717, 1.165) is 33.3 Å². The topological polar surface area (TPSA) is 57.4 Å². The van der Waals surface area contributed by atoms with Gasteiger partial charge in [0.1, 0.15) is 11.3 Å². The van der Waals surface area contributed by atoms with Crippen molar-refractivity contribution in [2.75, 3.05) is 0 Å². The Morgan fingerprint density at radius 1 is 1.00 bits per heavy atom. The van der Waals surface area contributed by atoms with E-state index < -0.39 is 0 Å². The van der Waals surface area contributed by atoms with Gasteiger partial charge in [-0.15, -0.1) is 0 Å². The van der Waals surface area contributed by atoms with Crippen molar-refractivity contribution in [3.63, 3.8) is 0 Å². The molecule has 0 saturated carbocycles. The molecule has 4 heteroatoms. The van der Waals surface area contributed by atoms with Crippen LogP contribution >= 0.6 is 0 Å². The summed E-state index contributed by atoms with van der Waals surface area (Å²) in [7, 11) is 0. The highest BCUT2D eigenvalue weighted by atomic mass is 15.1. The van der Waals surface area contributed by atoms with E-state index >= 15 is 0 Å². The molecule has 0 spiro atoms. The minimum atomic E-state index is 0.889. The number of rotatable bonds is 1. The van der Waals surface area contributed by atoms with Gasteiger partial charge in [0.2, 0.25) is 0 Å². The zero-order valence-corrected chi connectivity index (χ0v) is 9.51. The number of pyridine rings is 1. The van der Waals surface area contributed by atoms with Crippen molar-refractivity contribution < 1.29 is 0 Å². The van der Waals surface area contributed by atoms with Gasteiger partial charge in [0.25, 0.3) is 0 Å². The smallest absolute Gasteiger partial charge is 0.137 e. The first-order chi connectivity index (χ1) is 8.92. The molecule has 0 atom stereocenters. The van der Waals surface area contributed by atoms with Crippen LogP contribution in [0.3, 0.4) is 0 Å². The van der Waals surface area contributed by atoms with E-state index in [-0.39, 0.29) is 0 Å². The lowest BCUT2D eigenvalue weighted by molar-refractivity contribution is 1.12. The minimum absolute atomic E-state index is 0.889. The van der Waals surface area contributed by atoms with Crippen LogP contribution in [-0.2, 0) is 0 Å². The average Bonchev–Trinajstić information content (AvgIpc) is 3.02. The Kier molecular flexibility index (Phi) is 1.80. The molecule has 1 aromatic carbocycles. The van der Waals surface area contributed by atoms with Gasteiger partial charge >= 0.3 is 0 Å². The van der Waals surface area contributed by atoms with Gasteiger partial charge in [-0.3, -0.25) is 5.10 Å². The first-order valence-electron chi connectivity index (χ1n) is 5.79. The second-order valence-electron chi connectivity index (χ2n) is 4.24. The van der Waals surface area contributed by atoms with E-state index in [1.54, 1.807) is 6.20 Å². The number of hydrogen-bond acceptors (Lipinski definition) is 2. The Bertz CT molecular complexity index is 808. The fourth-order valence-electron chi connectivity index (χ4n) is 2.25. The van der Waals surface area contributed by atoms with Gasteiger partial charge in [-0.25, -0.2) is 4.98 Å². The number of fused-ring (bicyclic) bond motifs is 2. The van der Waals surface area contributed by atoms with Crippen molar-refractivity contribution in [2.45, 2.75) is 0 Å². The molecule has 18 heavy (non-hydrogen) atoms. The zero-order valence-electron chi connectivity index (χ0n) is 9.51. The molecule has 0 amide bonds. The maximum Gasteiger partial charge on any atom is 0.137 e. The number of hydrogen-bond donors (Lipinski definition) is 2. The highest BCUT2D eigenvalue weighted by molar-refractivity contribution is 5.94. The Hall–Kier alpha value is -2.62. The van der Waals surface area contributed by atoms with E-state index in [2.05, 4.69) is 32.3 Å². The summed E-state index contributed by atoms with van der Waals surface area (Å²) in [6, 6.07) is 14.1. The summed E-state index contributed by atoms with van der Waals surface area (Å²) in [4.78, 5) is 7.59. The van der Waals surface area contributed by atoms with Crippen LogP contribution in [0, 0.1) is 0 Å². The van der Waals surface area contributed by atoms with Crippen molar-refractivity contribution in [2.24, 2.45) is 0 Å². The Labute approximate surface area is 103 Å². The molecule has 0 aliphatic heterocycles. The summed E-state index contributed by atoms with van der Waals surface area (Å²) in [5.41, 5.74) is 3.85. The molecule has 3 aromatic heterocycles. The predicted molar refractivity (Wildman–Crippen MR) is 71.2 cm³/mol. The van der Waals surface area contributed by atoms with E-state index in [9.17, 15) is 0 Å². The Balaban J connectivity index is 2.01. The molecule has 0 aliphatic carbocycles. The van der Waals surface area contributed by atoms with E-state index in [1.165, 1.54) is 0 Å². The number of para-hydroxylation sites is 1. The molecule has 86 valence electrons. The molecular formula is C14H10N4. The molecule has 0 bridgehead atoms. The molecular weight excluding hydrogens is 224 g/mol. The Morgan fingerprint density at radius 2 is 1.94 bits per heavy atom. The highest BCUT2D eigenvalue weighted by Crippen LogP contribution is 2.27. The van der Waals surface area contributed by atoms with Crippen LogP contribution < -0.4 is 0 Å². The third kappa shape index (κ3) is 1.26. The fourth-order valence-corrected chi connectivity index (χ4v) is 2.25. The quantitative estimate of drug-likeness (QED) is 0.531. The van der Waals surface area contributed by atoms with Crippen LogP contribution in [-0.4, -0.2) is 20.2 Å². The summed E-state index contributed by atoms with van der Waals surface area (Å²) in [5, 5.41) is 9.63. The van der Waals surface area contributed by atoms with Crippen molar-refractivity contribution in [3.8, 4) is 11.4 Å². The van der Waals surface area contributed by atoms with Crippen molar-refractivity contribution >= 4 is 21.9 Å². The monoisotopic (exact) mass is 234 g/mol. The van der Waals surface area contributed by atoms with Gasteiger partial charge in [0.15, 0.2) is 0 Å². The molecule has 3 heterocycles. The molecule has 0 radical (unpaired) electrons. The molecule has 4 nitrogen and oxygen atoms in total. The van der Waals surface area contributed by atoms with Crippen LogP contribution in [0.2, 0.25) is 0 Å². The van der Waals surface area contributed by atoms with Crippen LogP contribution in [0.15, 0.2) is 48.7 Å². The zero-order chi connectivity index (χ0) is 11.9. The van der Waals surface area contributed by atoms with Gasteiger partial charge in [-0.05, 0) is 24.3 Å². The SMILES string of the molecule is c1cnc2[nH]c(-c3n[nH]c4ccccc34)cc2c1. The van der Waals surface area contributed by atoms with Gasteiger partial charge < -0.3 is 4.98 Å². The van der Waals surface area contributed by atoms with Crippen molar-refractivity contribution in [1.29, 1.82) is 0 Å². The van der Waals surface area contributed by atoms with Crippen molar-refractivity contribution in [3.05, 3.63) is 48.7 Å². The van der Waals surface area contributed by atoms with Crippen LogP contribution in [0.25, 0.3) is 33.3 Å². The van der Waals surface area contributed by atoms with E-state index in [1.807, 2.05) is 30.3 Å². The molecule has 0 saturated heterocycles. The van der Waals surface area contributed by atoms with Crippen molar-refractivity contribution in [1.82, 2.24) is 20.2 Å². The molecule has 4 rings (SSSR count). The number of nitrogens with one attached hydrogen (secondary N) is 2. The number of nitrogens with zero attached hydrogens (tertiary/aromatic N) is 2.